The van der Waals surface area contributed by atoms with Gasteiger partial charge in [0.2, 0.25) is 11.1 Å². The van der Waals surface area contributed by atoms with E-state index in [-0.39, 0.29) is 23.2 Å². The van der Waals surface area contributed by atoms with Crippen LogP contribution in [0.1, 0.15) is 34.6 Å². The van der Waals surface area contributed by atoms with Crippen molar-refractivity contribution in [2.45, 2.75) is 57.1 Å². The van der Waals surface area contributed by atoms with Crippen LogP contribution in [0.4, 0.5) is 0 Å². The van der Waals surface area contributed by atoms with Gasteiger partial charge in [-0.1, -0.05) is 30.0 Å². The molecule has 0 radical (unpaired) electrons. The third kappa shape index (κ3) is 4.10. The molecule has 0 saturated heterocycles. The minimum Gasteiger partial charge on any atom is -0.337 e. The maximum atomic E-state index is 12.7. The SMILES string of the molecule is CC(C)N(C(=O)[C@H](C)Sc1nnnn1-c1ccccc1)C(C)C. The molecule has 0 aliphatic carbocycles. The molecular formula is C16H23N5OS. The summed E-state index contributed by atoms with van der Waals surface area (Å²) in [5.41, 5.74) is 0.879. The average Bonchev–Trinajstić information content (AvgIpc) is 2.95. The van der Waals surface area contributed by atoms with Gasteiger partial charge in [-0.25, -0.2) is 0 Å². The zero-order valence-electron chi connectivity index (χ0n) is 14.2. The number of hydrogen-bond acceptors (Lipinski definition) is 5. The Morgan fingerprint density at radius 1 is 1.09 bits per heavy atom. The molecule has 0 fully saturated rings. The van der Waals surface area contributed by atoms with Crippen LogP contribution in [-0.4, -0.2) is 48.3 Å². The molecule has 0 bridgehead atoms. The Bertz CT molecular complexity index is 633. The van der Waals surface area contributed by atoms with Gasteiger partial charge in [0, 0.05) is 12.1 Å². The molecule has 1 aromatic carbocycles. The first kappa shape index (κ1) is 17.5. The summed E-state index contributed by atoms with van der Waals surface area (Å²) in [6.07, 6.45) is 0. The second-order valence-electron chi connectivity index (χ2n) is 5.90. The fourth-order valence-corrected chi connectivity index (χ4v) is 3.37. The molecule has 7 heteroatoms. The monoisotopic (exact) mass is 333 g/mol. The van der Waals surface area contributed by atoms with Gasteiger partial charge in [-0.05, 0) is 57.2 Å². The van der Waals surface area contributed by atoms with Gasteiger partial charge in [0.05, 0.1) is 10.9 Å². The smallest absolute Gasteiger partial charge is 0.236 e. The number of carbonyl (C=O) groups excluding carboxylic acids is 1. The lowest BCUT2D eigenvalue weighted by molar-refractivity contribution is -0.133. The lowest BCUT2D eigenvalue weighted by Crippen LogP contribution is -2.45. The van der Waals surface area contributed by atoms with Crippen molar-refractivity contribution < 1.29 is 4.79 Å². The third-order valence-electron chi connectivity index (χ3n) is 3.44. The summed E-state index contributed by atoms with van der Waals surface area (Å²) in [5.74, 6) is 0.0996. The number of benzene rings is 1. The van der Waals surface area contributed by atoms with E-state index in [0.717, 1.165) is 5.69 Å². The lowest BCUT2D eigenvalue weighted by Gasteiger charge is -2.32. The van der Waals surface area contributed by atoms with Crippen molar-refractivity contribution in [3.05, 3.63) is 30.3 Å². The first-order valence-corrected chi connectivity index (χ1v) is 8.62. The Balaban J connectivity index is 2.17. The van der Waals surface area contributed by atoms with Crippen LogP contribution in [0, 0.1) is 0 Å². The Morgan fingerprint density at radius 3 is 2.26 bits per heavy atom. The summed E-state index contributed by atoms with van der Waals surface area (Å²) in [6.45, 7) is 10.0. The van der Waals surface area contributed by atoms with E-state index in [1.807, 2.05) is 69.9 Å². The number of hydrogen-bond donors (Lipinski definition) is 0. The average molecular weight is 333 g/mol. The molecule has 6 nitrogen and oxygen atoms in total. The van der Waals surface area contributed by atoms with Gasteiger partial charge >= 0.3 is 0 Å². The van der Waals surface area contributed by atoms with Gasteiger partial charge in [-0.3, -0.25) is 4.79 Å². The molecule has 0 unspecified atom stereocenters. The summed E-state index contributed by atoms with van der Waals surface area (Å²) in [7, 11) is 0. The molecule has 1 heterocycles. The molecule has 2 aromatic rings. The van der Waals surface area contributed by atoms with Gasteiger partial charge in [-0.15, -0.1) is 5.10 Å². The fourth-order valence-electron chi connectivity index (χ4n) is 2.51. The van der Waals surface area contributed by atoms with Crippen LogP contribution in [0.2, 0.25) is 0 Å². The summed E-state index contributed by atoms with van der Waals surface area (Å²) < 4.78 is 1.66. The van der Waals surface area contributed by atoms with E-state index >= 15 is 0 Å². The lowest BCUT2D eigenvalue weighted by atomic mass is 10.2. The van der Waals surface area contributed by atoms with Crippen LogP contribution in [0.25, 0.3) is 5.69 Å². The highest BCUT2D eigenvalue weighted by atomic mass is 32.2. The number of amides is 1. The van der Waals surface area contributed by atoms with E-state index < -0.39 is 0 Å². The number of thioether (sulfide) groups is 1. The third-order valence-corrected chi connectivity index (χ3v) is 4.46. The molecule has 1 aromatic heterocycles. The molecule has 2 rings (SSSR count). The van der Waals surface area contributed by atoms with Crippen molar-refractivity contribution in [1.29, 1.82) is 0 Å². The first-order valence-electron chi connectivity index (χ1n) is 7.74. The highest BCUT2D eigenvalue weighted by molar-refractivity contribution is 8.00. The van der Waals surface area contributed by atoms with E-state index in [1.54, 1.807) is 4.68 Å². The van der Waals surface area contributed by atoms with E-state index in [2.05, 4.69) is 15.5 Å². The van der Waals surface area contributed by atoms with E-state index in [4.69, 9.17) is 0 Å². The largest absolute Gasteiger partial charge is 0.337 e. The minimum absolute atomic E-state index is 0.0996. The zero-order chi connectivity index (χ0) is 17.0. The normalized spacial score (nSPS) is 12.7. The Hall–Kier alpha value is -1.89. The van der Waals surface area contributed by atoms with Crippen molar-refractivity contribution in [3.8, 4) is 5.69 Å². The van der Waals surface area contributed by atoms with E-state index in [1.165, 1.54) is 11.8 Å². The summed E-state index contributed by atoms with van der Waals surface area (Å²) >= 11 is 1.38. The summed E-state index contributed by atoms with van der Waals surface area (Å²) in [4.78, 5) is 14.6. The molecule has 1 amide bonds. The number of para-hydroxylation sites is 1. The predicted molar refractivity (Wildman–Crippen MR) is 91.6 cm³/mol. The quantitative estimate of drug-likeness (QED) is 0.761. The van der Waals surface area contributed by atoms with Crippen LogP contribution in [0.5, 0.6) is 0 Å². The van der Waals surface area contributed by atoms with Crippen molar-refractivity contribution in [1.82, 2.24) is 25.1 Å². The Morgan fingerprint density at radius 2 is 1.70 bits per heavy atom. The molecule has 23 heavy (non-hydrogen) atoms. The van der Waals surface area contributed by atoms with Crippen LogP contribution >= 0.6 is 11.8 Å². The zero-order valence-corrected chi connectivity index (χ0v) is 15.0. The molecule has 0 N–H and O–H groups in total. The topological polar surface area (TPSA) is 63.9 Å². The second kappa shape index (κ2) is 7.59. The highest BCUT2D eigenvalue weighted by Gasteiger charge is 2.27. The number of aromatic nitrogens is 4. The summed E-state index contributed by atoms with van der Waals surface area (Å²) in [5, 5.41) is 12.2. The molecular weight excluding hydrogens is 310 g/mol. The van der Waals surface area contributed by atoms with Crippen molar-refractivity contribution in [2.24, 2.45) is 0 Å². The maximum Gasteiger partial charge on any atom is 0.236 e. The first-order chi connectivity index (χ1) is 10.9. The molecule has 1 atom stereocenters. The summed E-state index contributed by atoms with van der Waals surface area (Å²) in [6, 6.07) is 9.99. The fraction of sp³-hybridized carbons (Fsp3) is 0.500. The number of carbonyl (C=O) groups is 1. The minimum atomic E-state index is -0.256. The molecule has 124 valence electrons. The van der Waals surface area contributed by atoms with Crippen molar-refractivity contribution >= 4 is 17.7 Å². The van der Waals surface area contributed by atoms with Gasteiger partial charge in [0.25, 0.3) is 0 Å². The van der Waals surface area contributed by atoms with Crippen LogP contribution in [0.15, 0.2) is 35.5 Å². The van der Waals surface area contributed by atoms with E-state index in [0.29, 0.717) is 5.16 Å². The van der Waals surface area contributed by atoms with Gasteiger partial charge < -0.3 is 4.90 Å². The van der Waals surface area contributed by atoms with Crippen LogP contribution < -0.4 is 0 Å². The Labute approximate surface area is 141 Å². The number of tetrazole rings is 1. The van der Waals surface area contributed by atoms with Gasteiger partial charge in [-0.2, -0.15) is 4.68 Å². The predicted octanol–water partition coefficient (Wildman–Crippen LogP) is 2.79. The molecule has 0 aliphatic rings. The van der Waals surface area contributed by atoms with Gasteiger partial charge in [0.1, 0.15) is 0 Å². The highest BCUT2D eigenvalue weighted by Crippen LogP contribution is 2.25. The van der Waals surface area contributed by atoms with Gasteiger partial charge in [0.15, 0.2) is 0 Å². The second-order valence-corrected chi connectivity index (χ2v) is 7.21. The van der Waals surface area contributed by atoms with Crippen molar-refractivity contribution in [2.75, 3.05) is 0 Å². The van der Waals surface area contributed by atoms with E-state index in [9.17, 15) is 4.79 Å². The van der Waals surface area contributed by atoms with Crippen molar-refractivity contribution in [3.63, 3.8) is 0 Å². The Kier molecular flexibility index (Phi) is 5.76. The number of nitrogens with zero attached hydrogens (tertiary/aromatic N) is 5. The maximum absolute atomic E-state index is 12.7. The number of rotatable bonds is 6. The van der Waals surface area contributed by atoms with Crippen LogP contribution in [0.3, 0.4) is 0 Å². The molecule has 0 saturated carbocycles. The van der Waals surface area contributed by atoms with Crippen LogP contribution in [-0.2, 0) is 4.79 Å². The molecule has 0 spiro atoms. The molecule has 0 aliphatic heterocycles. The standard InChI is InChI=1S/C16H23N5OS/c1-11(2)20(12(3)4)15(22)13(5)23-16-17-18-19-21(16)14-9-7-6-8-10-14/h6-13H,1-5H3/t13-/m0/s1.